The Kier molecular flexibility index (Phi) is 8.15. The molecule has 0 unspecified atom stereocenters. The van der Waals surface area contributed by atoms with E-state index in [2.05, 4.69) is 5.32 Å². The molecule has 190 valence electrons. The number of amides is 1. The van der Waals surface area contributed by atoms with Gasteiger partial charge in [0.25, 0.3) is 5.91 Å². The first-order chi connectivity index (χ1) is 17.3. The number of carbonyl (C=O) groups is 2. The third-order valence-corrected chi connectivity index (χ3v) is 6.32. The van der Waals surface area contributed by atoms with Gasteiger partial charge in [0.2, 0.25) is 0 Å². The Hall–Kier alpha value is -3.52. The molecular weight excluding hydrogens is 461 g/mol. The van der Waals surface area contributed by atoms with Crippen LogP contribution in [0.25, 0.3) is 11.4 Å². The lowest BCUT2D eigenvalue weighted by atomic mass is 10.0. The molecule has 2 N–H and O–H groups in total. The minimum atomic E-state index is -0.717. The van der Waals surface area contributed by atoms with Gasteiger partial charge in [-0.05, 0) is 42.2 Å². The molecule has 1 aliphatic rings. The highest BCUT2D eigenvalue weighted by atomic mass is 19.1. The van der Waals surface area contributed by atoms with Gasteiger partial charge in [-0.15, -0.1) is 0 Å². The fourth-order valence-corrected chi connectivity index (χ4v) is 4.62. The predicted molar refractivity (Wildman–Crippen MR) is 134 cm³/mol. The molecule has 36 heavy (non-hydrogen) atoms. The van der Waals surface area contributed by atoms with Crippen molar-refractivity contribution in [1.29, 1.82) is 0 Å². The Morgan fingerprint density at radius 2 is 1.92 bits per heavy atom. The molecule has 2 aromatic carbocycles. The molecule has 0 bridgehead atoms. The number of imidazole rings is 1. The van der Waals surface area contributed by atoms with Crippen molar-refractivity contribution in [2.45, 2.75) is 64.2 Å². The van der Waals surface area contributed by atoms with Gasteiger partial charge in [0, 0.05) is 31.5 Å². The maximum atomic E-state index is 13.6. The van der Waals surface area contributed by atoms with Crippen molar-refractivity contribution in [3.63, 3.8) is 0 Å². The van der Waals surface area contributed by atoms with Crippen LogP contribution >= 0.6 is 0 Å². The minimum absolute atomic E-state index is 0.00689. The lowest BCUT2D eigenvalue weighted by molar-refractivity contribution is -0.160. The van der Waals surface area contributed by atoms with Crippen molar-refractivity contribution in [3.8, 4) is 11.4 Å². The predicted octanol–water partition coefficient (Wildman–Crippen LogP) is 4.24. The van der Waals surface area contributed by atoms with Crippen molar-refractivity contribution >= 4 is 11.9 Å². The highest BCUT2D eigenvalue weighted by Crippen LogP contribution is 2.29. The number of rotatable bonds is 9. The molecule has 2 atom stereocenters. The van der Waals surface area contributed by atoms with E-state index in [9.17, 15) is 19.1 Å². The molecule has 1 amide bonds. The number of aromatic nitrogens is 2. The maximum absolute atomic E-state index is 13.6. The Morgan fingerprint density at radius 1 is 1.19 bits per heavy atom. The highest BCUT2D eigenvalue weighted by Gasteiger charge is 2.29. The first-order valence-corrected chi connectivity index (χ1v) is 12.4. The fraction of sp³-hybridized carbons (Fsp3) is 0.393. The average Bonchev–Trinajstić information content (AvgIpc) is 3.23. The SMILES string of the molecule is CC(C)c1c(C(=O)NCCc2ccccc2)nc(-c2ccc(F)cc2)n1CC[C@@H]1C[C@@H](O)CC(=O)O1. The second kappa shape index (κ2) is 11.5. The van der Waals surface area contributed by atoms with Crippen LogP contribution in [0.15, 0.2) is 54.6 Å². The molecule has 1 saturated heterocycles. The third kappa shape index (κ3) is 6.18. The van der Waals surface area contributed by atoms with Crippen LogP contribution < -0.4 is 5.32 Å². The Balaban J connectivity index is 1.61. The maximum Gasteiger partial charge on any atom is 0.308 e. The molecule has 7 nitrogen and oxygen atoms in total. The monoisotopic (exact) mass is 493 g/mol. The third-order valence-electron chi connectivity index (χ3n) is 6.32. The average molecular weight is 494 g/mol. The van der Waals surface area contributed by atoms with Crippen LogP contribution in [0.4, 0.5) is 4.39 Å². The van der Waals surface area contributed by atoms with E-state index in [1.165, 1.54) is 12.1 Å². The lowest BCUT2D eigenvalue weighted by Crippen LogP contribution is -2.33. The number of carbonyl (C=O) groups excluding carboxylic acids is 2. The summed E-state index contributed by atoms with van der Waals surface area (Å²) in [5.74, 6) is -0.513. The number of cyclic esters (lactones) is 1. The van der Waals surface area contributed by atoms with Crippen LogP contribution in [0.1, 0.15) is 60.8 Å². The van der Waals surface area contributed by atoms with Crippen LogP contribution in [0.5, 0.6) is 0 Å². The van der Waals surface area contributed by atoms with Crippen LogP contribution in [0, 0.1) is 5.82 Å². The zero-order chi connectivity index (χ0) is 25.7. The van der Waals surface area contributed by atoms with E-state index >= 15 is 0 Å². The fourth-order valence-electron chi connectivity index (χ4n) is 4.62. The van der Waals surface area contributed by atoms with Gasteiger partial charge in [0.05, 0.1) is 18.2 Å². The molecule has 0 aliphatic carbocycles. The van der Waals surface area contributed by atoms with Gasteiger partial charge in [0.15, 0.2) is 0 Å². The van der Waals surface area contributed by atoms with Gasteiger partial charge >= 0.3 is 5.97 Å². The molecule has 0 spiro atoms. The van der Waals surface area contributed by atoms with E-state index < -0.39 is 18.2 Å². The van der Waals surface area contributed by atoms with Crippen LogP contribution in [-0.4, -0.2) is 45.3 Å². The molecular formula is C28H32FN3O4. The standard InChI is InChI=1S/C28H32FN3O4/c1-18(2)26-25(28(35)30-14-12-19-6-4-3-5-7-19)31-27(20-8-10-21(29)11-9-20)32(26)15-13-23-16-22(33)17-24(34)36-23/h3-11,18,22-23,33H,12-17H2,1-2H3,(H,30,35)/t22-,23-/m1/s1. The van der Waals surface area contributed by atoms with Crippen LogP contribution in [-0.2, 0) is 22.5 Å². The zero-order valence-corrected chi connectivity index (χ0v) is 20.6. The number of ether oxygens (including phenoxy) is 1. The van der Waals surface area contributed by atoms with Crippen molar-refractivity contribution in [3.05, 3.63) is 77.4 Å². The smallest absolute Gasteiger partial charge is 0.308 e. The second-order valence-electron chi connectivity index (χ2n) is 9.47. The minimum Gasteiger partial charge on any atom is -0.462 e. The second-order valence-corrected chi connectivity index (χ2v) is 9.47. The van der Waals surface area contributed by atoms with Crippen molar-refractivity contribution < 1.29 is 23.8 Å². The number of hydrogen-bond acceptors (Lipinski definition) is 5. The molecule has 1 fully saturated rings. The molecule has 8 heteroatoms. The summed E-state index contributed by atoms with van der Waals surface area (Å²) in [5, 5.41) is 13.0. The number of nitrogens with one attached hydrogen (secondary N) is 1. The summed E-state index contributed by atoms with van der Waals surface area (Å²) in [5.41, 5.74) is 2.90. The largest absolute Gasteiger partial charge is 0.462 e. The van der Waals surface area contributed by atoms with Crippen molar-refractivity contribution in [1.82, 2.24) is 14.9 Å². The van der Waals surface area contributed by atoms with Crippen molar-refractivity contribution in [2.24, 2.45) is 0 Å². The van der Waals surface area contributed by atoms with Crippen LogP contribution in [0.2, 0.25) is 0 Å². The van der Waals surface area contributed by atoms with Gasteiger partial charge in [-0.25, -0.2) is 9.37 Å². The van der Waals surface area contributed by atoms with Gasteiger partial charge in [0.1, 0.15) is 23.4 Å². The molecule has 0 saturated carbocycles. The first kappa shape index (κ1) is 25.6. The van der Waals surface area contributed by atoms with Crippen LogP contribution in [0.3, 0.4) is 0 Å². The number of nitrogens with zero attached hydrogens (tertiary/aromatic N) is 2. The number of aliphatic hydroxyl groups excluding tert-OH is 1. The lowest BCUT2D eigenvalue weighted by Gasteiger charge is -2.26. The number of benzene rings is 2. The van der Waals surface area contributed by atoms with E-state index in [4.69, 9.17) is 9.72 Å². The quantitative estimate of drug-likeness (QED) is 0.435. The Labute approximate surface area is 210 Å². The summed E-state index contributed by atoms with van der Waals surface area (Å²) in [7, 11) is 0. The van der Waals surface area contributed by atoms with Gasteiger partial charge < -0.3 is 19.7 Å². The summed E-state index contributed by atoms with van der Waals surface area (Å²) in [6.45, 7) is 4.88. The van der Waals surface area contributed by atoms with E-state index in [0.717, 1.165) is 11.3 Å². The Bertz CT molecular complexity index is 1190. The number of hydrogen-bond donors (Lipinski definition) is 2. The van der Waals surface area contributed by atoms with Gasteiger partial charge in [-0.1, -0.05) is 44.2 Å². The Morgan fingerprint density at radius 3 is 2.58 bits per heavy atom. The molecule has 1 aliphatic heterocycles. The van der Waals surface area contributed by atoms with E-state index in [0.29, 0.717) is 49.4 Å². The molecule has 2 heterocycles. The van der Waals surface area contributed by atoms with E-state index in [1.807, 2.05) is 48.7 Å². The van der Waals surface area contributed by atoms with E-state index in [1.54, 1.807) is 12.1 Å². The zero-order valence-electron chi connectivity index (χ0n) is 20.6. The summed E-state index contributed by atoms with van der Waals surface area (Å²) >= 11 is 0. The first-order valence-electron chi connectivity index (χ1n) is 12.4. The summed E-state index contributed by atoms with van der Waals surface area (Å²) in [4.78, 5) is 29.8. The van der Waals surface area contributed by atoms with Gasteiger partial charge in [-0.3, -0.25) is 9.59 Å². The molecule has 3 aromatic rings. The molecule has 1 aromatic heterocycles. The van der Waals surface area contributed by atoms with Crippen molar-refractivity contribution in [2.75, 3.05) is 6.54 Å². The normalized spacial score (nSPS) is 17.8. The summed E-state index contributed by atoms with van der Waals surface area (Å²) < 4.78 is 21.0. The van der Waals surface area contributed by atoms with E-state index in [-0.39, 0.29) is 24.1 Å². The molecule has 4 rings (SSSR count). The van der Waals surface area contributed by atoms with Gasteiger partial charge in [-0.2, -0.15) is 0 Å². The summed E-state index contributed by atoms with van der Waals surface area (Å²) in [6.07, 6.45) is 0.398. The number of halogens is 1. The topological polar surface area (TPSA) is 93.5 Å². The summed E-state index contributed by atoms with van der Waals surface area (Å²) in [6, 6.07) is 15.9. The highest BCUT2D eigenvalue weighted by molar-refractivity contribution is 5.94. The number of aliphatic hydroxyl groups is 1. The number of esters is 1. The molecule has 0 radical (unpaired) electrons.